The summed E-state index contributed by atoms with van der Waals surface area (Å²) in [5.41, 5.74) is 3.37. The average molecular weight is 432 g/mol. The van der Waals surface area contributed by atoms with Crippen LogP contribution in [0.4, 0.5) is 10.1 Å². The van der Waals surface area contributed by atoms with Gasteiger partial charge in [0.25, 0.3) is 5.91 Å². The second-order valence-electron chi connectivity index (χ2n) is 7.74. The highest BCUT2D eigenvalue weighted by Gasteiger charge is 2.23. The van der Waals surface area contributed by atoms with E-state index in [9.17, 15) is 14.0 Å². The van der Waals surface area contributed by atoms with Crippen LogP contribution < -0.4 is 4.90 Å². The summed E-state index contributed by atoms with van der Waals surface area (Å²) in [5, 5.41) is 0. The number of nitrogens with zero attached hydrogens (tertiary/aromatic N) is 2. The van der Waals surface area contributed by atoms with E-state index in [2.05, 4.69) is 4.90 Å². The van der Waals surface area contributed by atoms with Gasteiger partial charge >= 0.3 is 5.97 Å². The molecule has 1 aliphatic rings. The van der Waals surface area contributed by atoms with E-state index in [1.165, 1.54) is 12.1 Å². The summed E-state index contributed by atoms with van der Waals surface area (Å²) in [6.45, 7) is 2.06. The first-order valence-corrected chi connectivity index (χ1v) is 10.7. The van der Waals surface area contributed by atoms with Gasteiger partial charge in [0, 0.05) is 31.9 Å². The van der Waals surface area contributed by atoms with E-state index in [0.717, 1.165) is 16.8 Å². The number of benzene rings is 3. The van der Waals surface area contributed by atoms with Gasteiger partial charge in [-0.3, -0.25) is 4.79 Å². The van der Waals surface area contributed by atoms with Crippen molar-refractivity contribution in [1.82, 2.24) is 4.90 Å². The summed E-state index contributed by atoms with van der Waals surface area (Å²) in [5.74, 6) is -0.970. The smallest absolute Gasteiger partial charge is 0.338 e. The molecule has 1 heterocycles. The molecule has 0 unspecified atom stereocenters. The number of hydrogen-bond acceptors (Lipinski definition) is 4. The summed E-state index contributed by atoms with van der Waals surface area (Å²) >= 11 is 0. The first kappa shape index (κ1) is 21.6. The van der Waals surface area contributed by atoms with Crippen LogP contribution in [-0.2, 0) is 16.0 Å². The van der Waals surface area contributed by atoms with Crippen molar-refractivity contribution in [2.24, 2.45) is 0 Å². The molecule has 0 aromatic heterocycles. The number of rotatable bonds is 6. The molecule has 6 heteroatoms. The Labute approximate surface area is 187 Å². The Bertz CT molecular complexity index is 1060. The molecule has 1 saturated heterocycles. The van der Waals surface area contributed by atoms with Crippen LogP contribution in [0.25, 0.3) is 0 Å². The van der Waals surface area contributed by atoms with Gasteiger partial charge in [0.1, 0.15) is 5.82 Å². The van der Waals surface area contributed by atoms with E-state index in [1.54, 1.807) is 29.2 Å². The molecule has 1 aliphatic heterocycles. The summed E-state index contributed by atoms with van der Waals surface area (Å²) in [6, 6.07) is 23.6. The molecular weight excluding hydrogens is 407 g/mol. The molecule has 32 heavy (non-hydrogen) atoms. The van der Waals surface area contributed by atoms with Crippen molar-refractivity contribution < 1.29 is 18.7 Å². The Hall–Kier alpha value is -3.67. The Morgan fingerprint density at radius 2 is 1.47 bits per heavy atom. The number of anilines is 1. The quantitative estimate of drug-likeness (QED) is 0.554. The molecule has 0 N–H and O–H groups in total. The first-order chi connectivity index (χ1) is 15.6. The van der Waals surface area contributed by atoms with Crippen molar-refractivity contribution in [3.05, 3.63) is 101 Å². The number of carbonyl (C=O) groups excluding carboxylic acids is 2. The minimum atomic E-state index is -0.491. The second kappa shape index (κ2) is 10.1. The van der Waals surface area contributed by atoms with E-state index in [1.807, 2.05) is 42.5 Å². The number of ether oxygens (including phenoxy) is 1. The van der Waals surface area contributed by atoms with Crippen molar-refractivity contribution in [2.75, 3.05) is 37.7 Å². The van der Waals surface area contributed by atoms with Gasteiger partial charge in [-0.25, -0.2) is 9.18 Å². The van der Waals surface area contributed by atoms with E-state index >= 15 is 0 Å². The Balaban J connectivity index is 1.30. The maximum atomic E-state index is 13.1. The second-order valence-corrected chi connectivity index (χ2v) is 7.74. The normalized spacial score (nSPS) is 13.7. The van der Waals surface area contributed by atoms with Crippen LogP contribution in [-0.4, -0.2) is 49.6 Å². The fourth-order valence-corrected chi connectivity index (χ4v) is 3.85. The maximum absolute atomic E-state index is 13.1. The predicted octanol–water partition coefficient (Wildman–Crippen LogP) is 3.92. The monoisotopic (exact) mass is 432 g/mol. The zero-order chi connectivity index (χ0) is 22.3. The van der Waals surface area contributed by atoms with Crippen molar-refractivity contribution in [3.8, 4) is 0 Å². The minimum absolute atomic E-state index is 0.211. The number of piperazine rings is 1. The number of halogens is 1. The average Bonchev–Trinajstić information content (AvgIpc) is 2.84. The van der Waals surface area contributed by atoms with Crippen molar-refractivity contribution >= 4 is 17.6 Å². The van der Waals surface area contributed by atoms with Crippen molar-refractivity contribution in [1.29, 1.82) is 0 Å². The molecule has 5 nitrogen and oxygen atoms in total. The molecule has 3 aromatic rings. The molecule has 4 rings (SSSR count). The zero-order valence-corrected chi connectivity index (χ0v) is 17.7. The van der Waals surface area contributed by atoms with E-state index < -0.39 is 5.97 Å². The largest absolute Gasteiger partial charge is 0.452 e. The minimum Gasteiger partial charge on any atom is -0.452 e. The standard InChI is InChI=1S/C26H25FN2O3/c27-22-10-12-23(13-11-22)28-14-16-29(17-15-28)25(30)19-32-26(31)24-9-5-4-8-21(24)18-20-6-2-1-3-7-20/h1-13H,14-19H2. The zero-order valence-electron chi connectivity index (χ0n) is 17.7. The molecule has 164 valence electrons. The van der Waals surface area contributed by atoms with Crippen LogP contribution in [0.5, 0.6) is 0 Å². The van der Waals surface area contributed by atoms with Crippen LogP contribution >= 0.6 is 0 Å². The van der Waals surface area contributed by atoms with Gasteiger partial charge in [-0.15, -0.1) is 0 Å². The van der Waals surface area contributed by atoms with Gasteiger partial charge in [0.05, 0.1) is 5.56 Å². The molecule has 0 saturated carbocycles. The lowest BCUT2D eigenvalue weighted by Crippen LogP contribution is -2.49. The van der Waals surface area contributed by atoms with E-state index in [-0.39, 0.29) is 18.3 Å². The number of hydrogen-bond donors (Lipinski definition) is 0. The Morgan fingerprint density at radius 1 is 0.812 bits per heavy atom. The third-order valence-corrected chi connectivity index (χ3v) is 5.63. The third kappa shape index (κ3) is 5.32. The van der Waals surface area contributed by atoms with Crippen molar-refractivity contribution in [3.63, 3.8) is 0 Å². The van der Waals surface area contributed by atoms with Gasteiger partial charge in [-0.2, -0.15) is 0 Å². The molecule has 0 bridgehead atoms. The lowest BCUT2D eigenvalue weighted by atomic mass is 10.00. The van der Waals surface area contributed by atoms with Crippen LogP contribution in [0.15, 0.2) is 78.9 Å². The summed E-state index contributed by atoms with van der Waals surface area (Å²) in [7, 11) is 0. The molecule has 3 aromatic carbocycles. The predicted molar refractivity (Wildman–Crippen MR) is 121 cm³/mol. The van der Waals surface area contributed by atoms with Crippen LogP contribution in [0.1, 0.15) is 21.5 Å². The molecule has 1 fully saturated rings. The third-order valence-electron chi connectivity index (χ3n) is 5.63. The first-order valence-electron chi connectivity index (χ1n) is 10.7. The summed E-state index contributed by atoms with van der Waals surface area (Å²) in [4.78, 5) is 29.1. The van der Waals surface area contributed by atoms with Crippen LogP contribution in [0, 0.1) is 5.82 Å². The van der Waals surface area contributed by atoms with Gasteiger partial charge in [-0.1, -0.05) is 48.5 Å². The fraction of sp³-hybridized carbons (Fsp3) is 0.231. The van der Waals surface area contributed by atoms with Crippen LogP contribution in [0.3, 0.4) is 0 Å². The highest BCUT2D eigenvalue weighted by molar-refractivity contribution is 5.93. The SMILES string of the molecule is O=C(OCC(=O)N1CCN(c2ccc(F)cc2)CC1)c1ccccc1Cc1ccccc1. The Morgan fingerprint density at radius 3 is 2.19 bits per heavy atom. The molecule has 0 atom stereocenters. The molecular formula is C26H25FN2O3. The molecule has 0 radical (unpaired) electrons. The highest BCUT2D eigenvalue weighted by Crippen LogP contribution is 2.18. The fourth-order valence-electron chi connectivity index (χ4n) is 3.85. The topological polar surface area (TPSA) is 49.9 Å². The molecule has 0 spiro atoms. The Kier molecular flexibility index (Phi) is 6.80. The number of esters is 1. The molecule has 1 amide bonds. The molecule has 0 aliphatic carbocycles. The maximum Gasteiger partial charge on any atom is 0.338 e. The van der Waals surface area contributed by atoms with Crippen LogP contribution in [0.2, 0.25) is 0 Å². The van der Waals surface area contributed by atoms with Gasteiger partial charge in [-0.05, 0) is 47.9 Å². The van der Waals surface area contributed by atoms with Gasteiger partial charge in [0.15, 0.2) is 6.61 Å². The number of carbonyl (C=O) groups is 2. The lowest BCUT2D eigenvalue weighted by Gasteiger charge is -2.36. The number of amides is 1. The van der Waals surface area contributed by atoms with Gasteiger partial charge < -0.3 is 14.5 Å². The van der Waals surface area contributed by atoms with E-state index in [0.29, 0.717) is 38.2 Å². The highest BCUT2D eigenvalue weighted by atomic mass is 19.1. The van der Waals surface area contributed by atoms with Gasteiger partial charge in [0.2, 0.25) is 0 Å². The summed E-state index contributed by atoms with van der Waals surface area (Å²) in [6.07, 6.45) is 0.616. The van der Waals surface area contributed by atoms with E-state index in [4.69, 9.17) is 4.74 Å². The van der Waals surface area contributed by atoms with Crippen molar-refractivity contribution in [2.45, 2.75) is 6.42 Å². The lowest BCUT2D eigenvalue weighted by molar-refractivity contribution is -0.134. The summed E-state index contributed by atoms with van der Waals surface area (Å²) < 4.78 is 18.5.